The number of para-hydroxylation sites is 1. The first kappa shape index (κ1) is 22.9. The van der Waals surface area contributed by atoms with Crippen LogP contribution in [0.3, 0.4) is 0 Å². The van der Waals surface area contributed by atoms with E-state index < -0.39 is 0 Å². The van der Waals surface area contributed by atoms with Gasteiger partial charge in [-0.3, -0.25) is 0 Å². The normalized spacial score (nSPS) is 15.5. The van der Waals surface area contributed by atoms with Crippen molar-refractivity contribution in [3.8, 4) is 28.8 Å². The summed E-state index contributed by atoms with van der Waals surface area (Å²) in [5, 5.41) is 22.7. The number of hydrogen-bond acceptors (Lipinski definition) is 8. The molecule has 1 aliphatic heterocycles. The molecule has 10 nitrogen and oxygen atoms in total. The average Bonchev–Trinajstić information content (AvgIpc) is 3.33. The van der Waals surface area contributed by atoms with Gasteiger partial charge in [0.15, 0.2) is 12.4 Å². The van der Waals surface area contributed by atoms with Crippen molar-refractivity contribution in [2.45, 2.75) is 25.9 Å². The number of nitrogens with two attached hydrogens (primary N) is 1. The summed E-state index contributed by atoms with van der Waals surface area (Å²) in [6.45, 7) is 4.90. The minimum absolute atomic E-state index is 0.156. The van der Waals surface area contributed by atoms with Crippen LogP contribution >= 0.6 is 0 Å². The predicted molar refractivity (Wildman–Crippen MR) is 135 cm³/mol. The SMILES string of the molecule is C[C@@H]1CCN(c2cc(-c3ccccc3O)nnc2N)CCN1c1ccnc(C#CCn2ccc#[n+]2)n1. The van der Waals surface area contributed by atoms with E-state index in [0.29, 0.717) is 29.4 Å². The molecule has 0 aliphatic carbocycles. The van der Waals surface area contributed by atoms with Gasteiger partial charge in [-0.1, -0.05) is 18.1 Å². The van der Waals surface area contributed by atoms with Crippen LogP contribution in [0.25, 0.3) is 11.3 Å². The van der Waals surface area contributed by atoms with Crippen molar-refractivity contribution in [2.24, 2.45) is 0 Å². The molecular formula is C26H26N9O+. The number of phenolic OH excluding ortho intramolecular Hbond substituents is 1. The van der Waals surface area contributed by atoms with Gasteiger partial charge in [0, 0.05) is 37.4 Å². The van der Waals surface area contributed by atoms with Gasteiger partial charge < -0.3 is 20.6 Å². The van der Waals surface area contributed by atoms with Gasteiger partial charge in [-0.05, 0) is 48.2 Å². The Labute approximate surface area is 209 Å². The second kappa shape index (κ2) is 10.2. The van der Waals surface area contributed by atoms with E-state index in [-0.39, 0.29) is 11.8 Å². The van der Waals surface area contributed by atoms with E-state index in [1.165, 1.54) is 0 Å². The van der Waals surface area contributed by atoms with Crippen molar-refractivity contribution in [3.05, 3.63) is 66.9 Å². The Kier molecular flexibility index (Phi) is 6.50. The van der Waals surface area contributed by atoms with Crippen LogP contribution in [-0.4, -0.2) is 55.6 Å². The number of aromatic nitrogens is 6. The van der Waals surface area contributed by atoms with Crippen LogP contribution in [0.2, 0.25) is 0 Å². The molecule has 4 aromatic rings. The van der Waals surface area contributed by atoms with Gasteiger partial charge in [0.25, 0.3) is 0 Å². The third-order valence-corrected chi connectivity index (χ3v) is 6.17. The molecule has 10 heteroatoms. The van der Waals surface area contributed by atoms with E-state index in [1.54, 1.807) is 29.1 Å². The molecule has 4 heterocycles. The third-order valence-electron chi connectivity index (χ3n) is 6.17. The fourth-order valence-corrected chi connectivity index (χ4v) is 4.22. The van der Waals surface area contributed by atoms with Gasteiger partial charge in [-0.25, -0.2) is 9.97 Å². The number of benzene rings is 1. The average molecular weight is 481 g/mol. The summed E-state index contributed by atoms with van der Waals surface area (Å²) in [4.78, 5) is 13.5. The highest BCUT2D eigenvalue weighted by Gasteiger charge is 2.24. The Balaban J connectivity index is 1.33. The molecule has 0 saturated carbocycles. The lowest BCUT2D eigenvalue weighted by Gasteiger charge is -2.28. The molecule has 0 unspecified atom stereocenters. The molecule has 1 atom stereocenters. The molecule has 0 spiro atoms. The lowest BCUT2D eigenvalue weighted by atomic mass is 10.1. The van der Waals surface area contributed by atoms with Crippen molar-refractivity contribution in [2.75, 3.05) is 35.2 Å². The van der Waals surface area contributed by atoms with Crippen LogP contribution in [0.15, 0.2) is 54.9 Å². The Morgan fingerprint density at radius 2 is 2.08 bits per heavy atom. The zero-order valence-electron chi connectivity index (χ0n) is 19.9. The summed E-state index contributed by atoms with van der Waals surface area (Å²) in [6, 6.07) is 12.9. The summed E-state index contributed by atoms with van der Waals surface area (Å²) in [6.07, 6.45) is 7.20. The number of anilines is 3. The first-order valence-electron chi connectivity index (χ1n) is 11.7. The zero-order valence-corrected chi connectivity index (χ0v) is 19.9. The molecule has 5 rings (SSSR count). The van der Waals surface area contributed by atoms with E-state index in [4.69, 9.17) is 10.7 Å². The maximum Gasteiger partial charge on any atom is 0.351 e. The van der Waals surface area contributed by atoms with Crippen molar-refractivity contribution in [3.63, 3.8) is 0 Å². The van der Waals surface area contributed by atoms with Crippen LogP contribution in [0, 0.1) is 18.0 Å². The molecule has 3 aromatic heterocycles. The molecular weight excluding hydrogens is 454 g/mol. The maximum atomic E-state index is 10.3. The number of rotatable bonds is 4. The summed E-state index contributed by atoms with van der Waals surface area (Å²) in [5.41, 5.74) is 8.25. The number of aromatic hydroxyl groups is 1. The minimum atomic E-state index is 0.156. The summed E-state index contributed by atoms with van der Waals surface area (Å²) < 4.78 is 1.70. The van der Waals surface area contributed by atoms with Crippen LogP contribution in [0.4, 0.5) is 17.3 Å². The monoisotopic (exact) mass is 480 g/mol. The van der Waals surface area contributed by atoms with Crippen LogP contribution < -0.4 is 20.6 Å². The van der Waals surface area contributed by atoms with Gasteiger partial charge in [0.05, 0.1) is 28.7 Å². The Morgan fingerprint density at radius 1 is 1.19 bits per heavy atom. The van der Waals surface area contributed by atoms with Crippen molar-refractivity contribution < 1.29 is 10.2 Å². The molecule has 1 fully saturated rings. The molecule has 0 amide bonds. The lowest BCUT2D eigenvalue weighted by molar-refractivity contribution is -0.415. The number of nitrogens with zero attached hydrogens (tertiary/aromatic N) is 8. The van der Waals surface area contributed by atoms with Crippen molar-refractivity contribution >= 4 is 17.3 Å². The lowest BCUT2D eigenvalue weighted by Crippen LogP contribution is -2.35. The van der Waals surface area contributed by atoms with E-state index in [0.717, 1.165) is 37.6 Å². The van der Waals surface area contributed by atoms with Crippen LogP contribution in [-0.2, 0) is 6.54 Å². The second-order valence-electron chi connectivity index (χ2n) is 8.52. The number of hydrogen-bond donors (Lipinski definition) is 2. The van der Waals surface area contributed by atoms with Crippen LogP contribution in [0.1, 0.15) is 19.2 Å². The standard InChI is InChI=1S/C26H25N9O/c1-19-10-15-33(22-18-21(31-32-26(22)27)20-6-2-3-7-23(20)36)16-17-35(19)25-9-12-28-24(30-25)8-4-13-34-14-5-11-29-34/h2-3,5-7,9,12,14,18-19H,10,13,15-17H2,1H3,(H2-,27,31,32,36)/p+1/t19-/m1/s1. The fraction of sp³-hybridized carbons (Fsp3) is 0.269. The minimum Gasteiger partial charge on any atom is -0.507 e. The smallest absolute Gasteiger partial charge is 0.351 e. The largest absolute Gasteiger partial charge is 0.507 e. The summed E-state index contributed by atoms with van der Waals surface area (Å²) in [7, 11) is 0. The third kappa shape index (κ3) is 4.98. The molecule has 36 heavy (non-hydrogen) atoms. The highest BCUT2D eigenvalue weighted by Crippen LogP contribution is 2.32. The van der Waals surface area contributed by atoms with E-state index in [1.807, 2.05) is 30.5 Å². The molecule has 3 N–H and O–H groups in total. The molecule has 1 saturated heterocycles. The molecule has 0 radical (unpaired) electrons. The maximum absolute atomic E-state index is 10.3. The summed E-state index contributed by atoms with van der Waals surface area (Å²) >= 11 is 0. The highest BCUT2D eigenvalue weighted by atomic mass is 16.3. The topological polar surface area (TPSA) is 123 Å². The first-order valence-corrected chi connectivity index (χ1v) is 11.7. The van der Waals surface area contributed by atoms with Crippen molar-refractivity contribution in [1.29, 1.82) is 0 Å². The quantitative estimate of drug-likeness (QED) is 0.419. The molecule has 0 bridgehead atoms. The predicted octanol–water partition coefficient (Wildman–Crippen LogP) is 1.58. The molecule has 180 valence electrons. The first-order chi connectivity index (χ1) is 17.6. The molecule has 1 aliphatic rings. The van der Waals surface area contributed by atoms with Gasteiger partial charge in [-0.15, -0.1) is 10.2 Å². The highest BCUT2D eigenvalue weighted by molar-refractivity contribution is 5.74. The van der Waals surface area contributed by atoms with E-state index >= 15 is 0 Å². The van der Waals surface area contributed by atoms with Gasteiger partial charge in [0.1, 0.15) is 11.6 Å². The number of nitrogen functional groups attached to an aromatic ring is 1. The van der Waals surface area contributed by atoms with Gasteiger partial charge >= 0.3 is 6.20 Å². The van der Waals surface area contributed by atoms with Crippen LogP contribution in [0.5, 0.6) is 5.75 Å². The Bertz CT molecular complexity index is 1390. The Hall–Kier alpha value is -4.83. The van der Waals surface area contributed by atoms with Crippen molar-refractivity contribution in [1.82, 2.24) is 24.8 Å². The van der Waals surface area contributed by atoms with E-state index in [9.17, 15) is 5.11 Å². The Morgan fingerprint density at radius 3 is 2.92 bits per heavy atom. The second-order valence-corrected chi connectivity index (χ2v) is 8.52. The fourth-order valence-electron chi connectivity index (χ4n) is 4.22. The van der Waals surface area contributed by atoms with E-state index in [2.05, 4.69) is 55.0 Å². The van der Waals surface area contributed by atoms with Gasteiger partial charge in [-0.2, -0.15) is 0 Å². The summed E-state index contributed by atoms with van der Waals surface area (Å²) in [5.74, 6) is 7.91. The zero-order chi connectivity index (χ0) is 24.9. The molecule has 1 aromatic carbocycles. The number of phenols is 1. The van der Waals surface area contributed by atoms with Gasteiger partial charge in [0.2, 0.25) is 5.82 Å².